The molecule has 0 saturated carbocycles. The van der Waals surface area contributed by atoms with Crippen molar-refractivity contribution in [3.63, 3.8) is 0 Å². The molecule has 0 amide bonds. The number of anilines is 1. The molecular formula is C12H18N2O2S. The number of nitrogen functional groups attached to an aromatic ring is 1. The van der Waals surface area contributed by atoms with Crippen LogP contribution in [0.4, 0.5) is 5.69 Å². The Labute approximate surface area is 103 Å². The van der Waals surface area contributed by atoms with Crippen LogP contribution in [0.15, 0.2) is 29.7 Å². The summed E-state index contributed by atoms with van der Waals surface area (Å²) in [5.41, 5.74) is 7.76. The number of likely N-dealkylation sites (N-methyl/N-ethyl adjacent to an activating group) is 1. The van der Waals surface area contributed by atoms with Crippen LogP contribution in [0, 0.1) is 13.8 Å². The van der Waals surface area contributed by atoms with E-state index < -0.39 is 10.0 Å². The van der Waals surface area contributed by atoms with Gasteiger partial charge in [0, 0.05) is 19.3 Å². The minimum Gasteiger partial charge on any atom is -0.399 e. The summed E-state index contributed by atoms with van der Waals surface area (Å²) < 4.78 is 25.8. The Kier molecular flexibility index (Phi) is 3.95. The molecular weight excluding hydrogens is 236 g/mol. The number of nitrogens with zero attached hydrogens (tertiary/aromatic N) is 1. The lowest BCUT2D eigenvalue weighted by Gasteiger charge is -2.18. The van der Waals surface area contributed by atoms with Crippen LogP contribution in [0.2, 0.25) is 0 Å². The molecule has 0 aliphatic carbocycles. The van der Waals surface area contributed by atoms with E-state index in [4.69, 9.17) is 5.73 Å². The summed E-state index contributed by atoms with van der Waals surface area (Å²) in [5.74, 6) is 0. The Morgan fingerprint density at radius 3 is 2.53 bits per heavy atom. The first-order valence-electron chi connectivity index (χ1n) is 5.24. The highest BCUT2D eigenvalue weighted by Gasteiger charge is 2.22. The third-order valence-electron chi connectivity index (χ3n) is 2.72. The van der Waals surface area contributed by atoms with Gasteiger partial charge in [-0.25, -0.2) is 8.42 Å². The molecule has 2 N–H and O–H groups in total. The van der Waals surface area contributed by atoms with E-state index in [1.807, 2.05) is 6.92 Å². The number of aryl methyl sites for hydroxylation is 1. The van der Waals surface area contributed by atoms with Gasteiger partial charge < -0.3 is 5.73 Å². The number of hydrogen-bond acceptors (Lipinski definition) is 3. The maximum absolute atomic E-state index is 12.3. The molecule has 0 fully saturated rings. The maximum atomic E-state index is 12.3. The van der Waals surface area contributed by atoms with Gasteiger partial charge in [0.15, 0.2) is 0 Å². The van der Waals surface area contributed by atoms with Crippen LogP contribution in [-0.4, -0.2) is 26.3 Å². The number of nitrogens with two attached hydrogens (primary N) is 1. The van der Waals surface area contributed by atoms with Crippen LogP contribution in [0.3, 0.4) is 0 Å². The SMILES string of the molecule is C=CCN(C)S(=O)(=O)c1cc(N)cc(C)c1C. The first-order valence-corrected chi connectivity index (χ1v) is 6.68. The second-order valence-corrected chi connectivity index (χ2v) is 6.05. The molecule has 0 unspecified atom stereocenters. The largest absolute Gasteiger partial charge is 0.399 e. The van der Waals surface area contributed by atoms with Crippen molar-refractivity contribution in [2.75, 3.05) is 19.3 Å². The molecule has 4 nitrogen and oxygen atoms in total. The Bertz CT molecular complexity index is 536. The van der Waals surface area contributed by atoms with E-state index in [1.165, 1.54) is 17.4 Å². The second kappa shape index (κ2) is 4.89. The van der Waals surface area contributed by atoms with E-state index >= 15 is 0 Å². The first-order chi connectivity index (χ1) is 7.80. The summed E-state index contributed by atoms with van der Waals surface area (Å²) in [5, 5.41) is 0. The minimum atomic E-state index is -3.49. The van der Waals surface area contributed by atoms with E-state index in [2.05, 4.69) is 6.58 Å². The van der Waals surface area contributed by atoms with Crippen LogP contribution in [-0.2, 0) is 10.0 Å². The number of benzene rings is 1. The number of rotatable bonds is 4. The standard InChI is InChI=1S/C12H18N2O2S/c1-5-6-14(4)17(15,16)12-8-11(13)7-9(2)10(12)3/h5,7-8H,1,6,13H2,2-4H3. The third-order valence-corrected chi connectivity index (χ3v) is 4.67. The van der Waals surface area contributed by atoms with Crippen molar-refractivity contribution < 1.29 is 8.42 Å². The fourth-order valence-corrected chi connectivity index (χ4v) is 3.04. The number of sulfonamides is 1. The Hall–Kier alpha value is -1.33. The zero-order valence-corrected chi connectivity index (χ0v) is 11.2. The van der Waals surface area contributed by atoms with Crippen molar-refractivity contribution in [2.24, 2.45) is 0 Å². The van der Waals surface area contributed by atoms with Gasteiger partial charge in [0.05, 0.1) is 4.90 Å². The molecule has 0 aromatic heterocycles. The van der Waals surface area contributed by atoms with Gasteiger partial charge in [0.1, 0.15) is 0 Å². The normalized spacial score (nSPS) is 11.8. The van der Waals surface area contributed by atoms with Crippen molar-refractivity contribution in [1.29, 1.82) is 0 Å². The fraction of sp³-hybridized carbons (Fsp3) is 0.333. The summed E-state index contributed by atoms with van der Waals surface area (Å²) in [6, 6.07) is 3.26. The Balaban J connectivity index is 3.38. The summed E-state index contributed by atoms with van der Waals surface area (Å²) >= 11 is 0. The van der Waals surface area contributed by atoms with Crippen molar-refractivity contribution >= 4 is 15.7 Å². The van der Waals surface area contributed by atoms with Crippen molar-refractivity contribution in [3.8, 4) is 0 Å². The quantitative estimate of drug-likeness (QED) is 0.657. The molecule has 5 heteroatoms. The molecule has 17 heavy (non-hydrogen) atoms. The van der Waals surface area contributed by atoms with Crippen LogP contribution >= 0.6 is 0 Å². The summed E-state index contributed by atoms with van der Waals surface area (Å²) in [6.45, 7) is 7.43. The Morgan fingerprint density at radius 1 is 1.41 bits per heavy atom. The third kappa shape index (κ3) is 2.68. The van der Waals surface area contributed by atoms with E-state index in [-0.39, 0.29) is 11.4 Å². The zero-order valence-electron chi connectivity index (χ0n) is 10.4. The van der Waals surface area contributed by atoms with Crippen LogP contribution in [0.5, 0.6) is 0 Å². The lowest BCUT2D eigenvalue weighted by Crippen LogP contribution is -2.27. The predicted octanol–water partition coefficient (Wildman–Crippen LogP) is 1.69. The number of hydrogen-bond donors (Lipinski definition) is 1. The van der Waals surface area contributed by atoms with E-state index in [0.29, 0.717) is 5.69 Å². The molecule has 94 valence electrons. The molecule has 0 bridgehead atoms. The first kappa shape index (κ1) is 13.7. The van der Waals surface area contributed by atoms with E-state index in [0.717, 1.165) is 11.1 Å². The molecule has 1 rings (SSSR count). The monoisotopic (exact) mass is 254 g/mol. The van der Waals surface area contributed by atoms with Gasteiger partial charge in [-0.1, -0.05) is 6.08 Å². The molecule has 0 saturated heterocycles. The van der Waals surface area contributed by atoms with Crippen molar-refractivity contribution in [3.05, 3.63) is 35.9 Å². The van der Waals surface area contributed by atoms with E-state index in [9.17, 15) is 8.42 Å². The van der Waals surface area contributed by atoms with Gasteiger partial charge in [-0.05, 0) is 37.1 Å². The van der Waals surface area contributed by atoms with Crippen LogP contribution in [0.1, 0.15) is 11.1 Å². The second-order valence-electron chi connectivity index (χ2n) is 4.04. The van der Waals surface area contributed by atoms with Crippen LogP contribution < -0.4 is 5.73 Å². The van der Waals surface area contributed by atoms with Gasteiger partial charge in [-0.3, -0.25) is 0 Å². The highest BCUT2D eigenvalue weighted by atomic mass is 32.2. The molecule has 0 aliphatic rings. The molecule has 0 heterocycles. The highest BCUT2D eigenvalue weighted by Crippen LogP contribution is 2.24. The highest BCUT2D eigenvalue weighted by molar-refractivity contribution is 7.89. The average molecular weight is 254 g/mol. The van der Waals surface area contributed by atoms with Crippen molar-refractivity contribution in [1.82, 2.24) is 4.31 Å². The smallest absolute Gasteiger partial charge is 0.243 e. The summed E-state index contributed by atoms with van der Waals surface area (Å²) in [6.07, 6.45) is 1.55. The van der Waals surface area contributed by atoms with Crippen molar-refractivity contribution in [2.45, 2.75) is 18.7 Å². The summed E-state index contributed by atoms with van der Waals surface area (Å²) in [4.78, 5) is 0.263. The molecule has 0 atom stereocenters. The van der Waals surface area contributed by atoms with Gasteiger partial charge in [-0.2, -0.15) is 4.31 Å². The summed E-state index contributed by atoms with van der Waals surface area (Å²) in [7, 11) is -1.97. The lowest BCUT2D eigenvalue weighted by atomic mass is 10.1. The van der Waals surface area contributed by atoms with Gasteiger partial charge in [0.2, 0.25) is 10.0 Å². The van der Waals surface area contributed by atoms with E-state index in [1.54, 1.807) is 19.1 Å². The minimum absolute atomic E-state index is 0.263. The van der Waals surface area contributed by atoms with Crippen LogP contribution in [0.25, 0.3) is 0 Å². The van der Waals surface area contributed by atoms with Gasteiger partial charge >= 0.3 is 0 Å². The molecule has 1 aromatic carbocycles. The maximum Gasteiger partial charge on any atom is 0.243 e. The van der Waals surface area contributed by atoms with Gasteiger partial charge in [0.25, 0.3) is 0 Å². The molecule has 0 spiro atoms. The topological polar surface area (TPSA) is 63.4 Å². The Morgan fingerprint density at radius 2 is 2.00 bits per heavy atom. The molecule has 1 aromatic rings. The fourth-order valence-electron chi connectivity index (χ4n) is 1.57. The molecule has 0 aliphatic heterocycles. The zero-order chi connectivity index (χ0) is 13.2. The lowest BCUT2D eigenvalue weighted by molar-refractivity contribution is 0.499. The predicted molar refractivity (Wildman–Crippen MR) is 70.3 cm³/mol. The average Bonchev–Trinajstić information content (AvgIpc) is 2.23. The van der Waals surface area contributed by atoms with Gasteiger partial charge in [-0.15, -0.1) is 6.58 Å². The molecule has 0 radical (unpaired) electrons.